The molecule has 1 saturated heterocycles. The molecule has 13 heteroatoms. The number of aliphatic hydroxyl groups excluding tert-OH is 1. The van der Waals surface area contributed by atoms with E-state index in [4.69, 9.17) is 14.2 Å². The van der Waals surface area contributed by atoms with E-state index >= 15 is 0 Å². The molecule has 2 unspecified atom stereocenters. The lowest BCUT2D eigenvalue weighted by molar-refractivity contribution is -0.167. The second-order valence-corrected chi connectivity index (χ2v) is 13.5. The largest absolute Gasteiger partial charge is 0.511 e. The molecule has 43 heavy (non-hydrogen) atoms. The molecule has 1 aliphatic carbocycles. The molecule has 12 nitrogen and oxygen atoms in total. The molecule has 2 aromatic rings. The van der Waals surface area contributed by atoms with E-state index in [2.05, 4.69) is 31.1 Å². The fourth-order valence-corrected chi connectivity index (χ4v) is 7.85. The Hall–Kier alpha value is -3.45. The fraction of sp³-hybridized carbons (Fsp3) is 0.633. The summed E-state index contributed by atoms with van der Waals surface area (Å²) < 4.78 is 17.8. The summed E-state index contributed by atoms with van der Waals surface area (Å²) in [4.78, 5) is 57.7. The van der Waals surface area contributed by atoms with Crippen LogP contribution in [-0.4, -0.2) is 68.4 Å². The number of aromatic nitrogens is 2. The third kappa shape index (κ3) is 5.76. The number of thiazole rings is 1. The molecule has 2 N–H and O–H groups in total. The van der Waals surface area contributed by atoms with Crippen molar-refractivity contribution in [1.29, 1.82) is 0 Å². The van der Waals surface area contributed by atoms with E-state index in [1.54, 1.807) is 17.7 Å². The van der Waals surface area contributed by atoms with Crippen LogP contribution in [0.5, 0.6) is 0 Å². The summed E-state index contributed by atoms with van der Waals surface area (Å²) in [6, 6.07) is -0.420. The van der Waals surface area contributed by atoms with Crippen molar-refractivity contribution in [3.05, 3.63) is 28.8 Å². The number of ether oxygens (including phenoxy) is 3. The van der Waals surface area contributed by atoms with Crippen LogP contribution < -0.4 is 5.32 Å². The maximum atomic E-state index is 13.5. The number of hydrogen-bond donors (Lipinski definition) is 2. The standard InChI is InChI=1S/C30H40N4O8S/c1-15(2)30(6)9-7-8-19(10-30)42-29(39)41-14-40-28(38)25-22(16(3)24-23(17(4)35)26(37)34(24)25)21-12-33-13-32-20(27(33)43-21)11-31-18(5)36/h12-13,15-17,19,23-24,35H,7-11,14H2,1-6H3,(H,31,36)/t16?,17-,19?,23-,24+,30+/m1/s1. The smallest absolute Gasteiger partial charge is 0.431 e. The number of imidazole rings is 1. The molecule has 0 bridgehead atoms. The Balaban J connectivity index is 1.32. The lowest BCUT2D eigenvalue weighted by atomic mass is 9.67. The third-order valence-corrected chi connectivity index (χ3v) is 10.6. The highest BCUT2D eigenvalue weighted by atomic mass is 32.1. The molecule has 2 aromatic heterocycles. The van der Waals surface area contributed by atoms with E-state index in [1.165, 1.54) is 23.2 Å². The van der Waals surface area contributed by atoms with Crippen molar-refractivity contribution in [2.75, 3.05) is 6.79 Å². The van der Waals surface area contributed by atoms with Crippen molar-refractivity contribution in [1.82, 2.24) is 19.6 Å². The first-order chi connectivity index (χ1) is 20.3. The van der Waals surface area contributed by atoms with Gasteiger partial charge in [0.15, 0.2) is 0 Å². The minimum atomic E-state index is -0.903. The van der Waals surface area contributed by atoms with Crippen LogP contribution in [0.15, 0.2) is 18.2 Å². The summed E-state index contributed by atoms with van der Waals surface area (Å²) in [5.74, 6) is -1.85. The molecule has 0 spiro atoms. The fourth-order valence-electron chi connectivity index (χ4n) is 6.64. The van der Waals surface area contributed by atoms with E-state index in [0.29, 0.717) is 17.2 Å². The molecule has 2 aliphatic heterocycles. The number of fused-ring (bicyclic) bond motifs is 2. The third-order valence-electron chi connectivity index (χ3n) is 9.41. The zero-order valence-electron chi connectivity index (χ0n) is 25.4. The number of carbonyl (C=O) groups excluding carboxylic acids is 4. The Bertz CT molecular complexity index is 1460. The Morgan fingerprint density at radius 1 is 1.26 bits per heavy atom. The first kappa shape index (κ1) is 31.0. The highest BCUT2D eigenvalue weighted by molar-refractivity contribution is 7.18. The van der Waals surface area contributed by atoms with Gasteiger partial charge in [-0.3, -0.25) is 14.0 Å². The van der Waals surface area contributed by atoms with Gasteiger partial charge in [-0.1, -0.05) is 27.7 Å². The van der Waals surface area contributed by atoms with Crippen molar-refractivity contribution in [3.63, 3.8) is 0 Å². The van der Waals surface area contributed by atoms with Gasteiger partial charge in [0, 0.05) is 24.6 Å². The predicted molar refractivity (Wildman–Crippen MR) is 156 cm³/mol. The van der Waals surface area contributed by atoms with Crippen LogP contribution in [0.1, 0.15) is 77.8 Å². The van der Waals surface area contributed by atoms with E-state index < -0.39 is 37.0 Å². The number of hydrogen-bond acceptors (Lipinski definition) is 10. The van der Waals surface area contributed by atoms with Crippen LogP contribution in [0.3, 0.4) is 0 Å². The quantitative estimate of drug-likeness (QED) is 0.243. The first-order valence-corrected chi connectivity index (χ1v) is 15.6. The molecular weight excluding hydrogens is 576 g/mol. The number of nitrogens with zero attached hydrogens (tertiary/aromatic N) is 3. The second kappa shape index (κ2) is 11.9. The van der Waals surface area contributed by atoms with E-state index in [0.717, 1.165) is 35.4 Å². The minimum absolute atomic E-state index is 0.0669. The highest BCUT2D eigenvalue weighted by Crippen LogP contribution is 2.52. The van der Waals surface area contributed by atoms with Gasteiger partial charge in [0.2, 0.25) is 18.6 Å². The first-order valence-electron chi connectivity index (χ1n) is 14.8. The molecular formula is C30H40N4O8S. The summed E-state index contributed by atoms with van der Waals surface area (Å²) >= 11 is 1.37. The number of rotatable bonds is 9. The van der Waals surface area contributed by atoms with E-state index in [9.17, 15) is 24.3 Å². The Morgan fingerprint density at radius 3 is 2.67 bits per heavy atom. The monoisotopic (exact) mass is 616 g/mol. The predicted octanol–water partition coefficient (Wildman–Crippen LogP) is 3.86. The Labute approximate surface area is 254 Å². The SMILES string of the molecule is CC(=O)NCc1ncn2cc(C3=C(C(=O)OCOC(=O)OC4CCC[C@](C)(C(C)C)C4)N4C(=O)[C@H]([C@@H](C)O)[C@@H]4C3C)sc12. The van der Waals surface area contributed by atoms with Crippen LogP contribution >= 0.6 is 11.3 Å². The zero-order chi connectivity index (χ0) is 31.2. The van der Waals surface area contributed by atoms with Gasteiger partial charge in [-0.25, -0.2) is 14.6 Å². The Morgan fingerprint density at radius 2 is 2.00 bits per heavy atom. The topological polar surface area (TPSA) is 149 Å². The van der Waals surface area contributed by atoms with Crippen molar-refractivity contribution < 1.29 is 38.5 Å². The summed E-state index contributed by atoms with van der Waals surface area (Å²) in [5, 5.41) is 13.1. The number of aliphatic hydroxyl groups is 1. The summed E-state index contributed by atoms with van der Waals surface area (Å²) in [6.07, 6.45) is 4.92. The number of β-lactam (4-membered cyclic amide) rings is 1. The summed E-state index contributed by atoms with van der Waals surface area (Å²) in [7, 11) is 0. The number of esters is 1. The average molecular weight is 617 g/mol. The molecule has 2 amide bonds. The normalized spacial score (nSPS) is 27.6. The van der Waals surface area contributed by atoms with Crippen molar-refractivity contribution >= 4 is 45.7 Å². The van der Waals surface area contributed by atoms with E-state index in [1.807, 2.05) is 13.1 Å². The molecule has 1 saturated carbocycles. The minimum Gasteiger partial charge on any atom is -0.431 e. The number of amides is 2. The molecule has 0 aromatic carbocycles. The number of nitrogens with one attached hydrogen (secondary N) is 1. The van der Waals surface area contributed by atoms with E-state index in [-0.39, 0.29) is 41.5 Å². The van der Waals surface area contributed by atoms with Crippen molar-refractivity contribution in [3.8, 4) is 0 Å². The lowest BCUT2D eigenvalue weighted by Crippen LogP contribution is -2.63. The highest BCUT2D eigenvalue weighted by Gasteiger charge is 2.60. The molecule has 234 valence electrons. The molecule has 0 radical (unpaired) electrons. The van der Waals surface area contributed by atoms with Gasteiger partial charge < -0.3 is 29.5 Å². The second-order valence-electron chi connectivity index (χ2n) is 12.5. The van der Waals surface area contributed by atoms with Crippen LogP contribution in [0.4, 0.5) is 4.79 Å². The number of carbonyl (C=O) groups is 4. The van der Waals surface area contributed by atoms with Gasteiger partial charge >= 0.3 is 12.1 Å². The zero-order valence-corrected chi connectivity index (χ0v) is 26.2. The van der Waals surface area contributed by atoms with Gasteiger partial charge in [-0.2, -0.15) is 0 Å². The lowest BCUT2D eigenvalue weighted by Gasteiger charge is -2.46. The maximum Gasteiger partial charge on any atom is 0.511 e. The van der Waals surface area contributed by atoms with Crippen LogP contribution in [0, 0.1) is 23.2 Å². The van der Waals surface area contributed by atoms with Gasteiger partial charge in [-0.15, -0.1) is 11.3 Å². The molecule has 3 aliphatic rings. The maximum absolute atomic E-state index is 13.5. The molecule has 6 atom stereocenters. The van der Waals surface area contributed by atoms with Gasteiger partial charge in [-0.05, 0) is 43.9 Å². The average Bonchev–Trinajstić information content (AvgIpc) is 3.57. The Kier molecular flexibility index (Phi) is 8.59. The van der Waals surface area contributed by atoms with Gasteiger partial charge in [0.25, 0.3) is 0 Å². The molecule has 2 fully saturated rings. The van der Waals surface area contributed by atoms with Crippen molar-refractivity contribution in [2.45, 2.75) is 92.0 Å². The molecule has 5 rings (SSSR count). The van der Waals surface area contributed by atoms with Gasteiger partial charge in [0.1, 0.15) is 23.0 Å². The summed E-state index contributed by atoms with van der Waals surface area (Å²) in [6.45, 7) is 11.0. The van der Waals surface area contributed by atoms with Crippen LogP contribution in [0.25, 0.3) is 10.4 Å². The van der Waals surface area contributed by atoms with Gasteiger partial charge in [0.05, 0.1) is 35.2 Å². The van der Waals surface area contributed by atoms with Crippen LogP contribution in [0.2, 0.25) is 0 Å². The van der Waals surface area contributed by atoms with Crippen molar-refractivity contribution in [2.24, 2.45) is 23.2 Å². The molecule has 4 heterocycles. The van der Waals surface area contributed by atoms with Crippen LogP contribution in [-0.2, 0) is 35.1 Å². The summed E-state index contributed by atoms with van der Waals surface area (Å²) in [5.41, 5.74) is 1.42.